The predicted molar refractivity (Wildman–Crippen MR) is 46.5 cm³/mol. The standard InChI is InChI=1S/C8H10ClNO2/c1-12-8(11)7-2-4-10(6-7)5-3-9/h2,4,6H,3,5H2,1H3. The van der Waals surface area contributed by atoms with Gasteiger partial charge < -0.3 is 9.30 Å². The lowest BCUT2D eigenvalue weighted by molar-refractivity contribution is 0.0600. The second kappa shape index (κ2) is 4.16. The summed E-state index contributed by atoms with van der Waals surface area (Å²) < 4.78 is 6.39. The van der Waals surface area contributed by atoms with Crippen LogP contribution in [0, 0.1) is 0 Å². The average Bonchev–Trinajstić information content (AvgIpc) is 2.52. The number of carbonyl (C=O) groups excluding carboxylic acids is 1. The Kier molecular flexibility index (Phi) is 3.17. The topological polar surface area (TPSA) is 31.2 Å². The summed E-state index contributed by atoms with van der Waals surface area (Å²) in [6.45, 7) is 0.707. The Labute approximate surface area is 75.9 Å². The fourth-order valence-corrected chi connectivity index (χ4v) is 1.11. The minimum atomic E-state index is -0.316. The van der Waals surface area contributed by atoms with Crippen LogP contribution >= 0.6 is 11.6 Å². The lowest BCUT2D eigenvalue weighted by Crippen LogP contribution is -2.00. The van der Waals surface area contributed by atoms with E-state index >= 15 is 0 Å². The quantitative estimate of drug-likeness (QED) is 0.531. The first-order valence-electron chi connectivity index (χ1n) is 3.58. The van der Waals surface area contributed by atoms with Crippen molar-refractivity contribution >= 4 is 17.6 Å². The first-order chi connectivity index (χ1) is 5.77. The number of halogens is 1. The normalized spacial score (nSPS) is 9.83. The summed E-state index contributed by atoms with van der Waals surface area (Å²) in [5.74, 6) is 0.221. The number of carbonyl (C=O) groups is 1. The number of nitrogens with zero attached hydrogens (tertiary/aromatic N) is 1. The van der Waals surface area contributed by atoms with Crippen LogP contribution in [-0.4, -0.2) is 23.5 Å². The molecule has 0 aliphatic carbocycles. The van der Waals surface area contributed by atoms with Crippen LogP contribution in [-0.2, 0) is 11.3 Å². The van der Waals surface area contributed by atoms with Gasteiger partial charge in [0.05, 0.1) is 12.7 Å². The molecule has 0 aliphatic rings. The van der Waals surface area contributed by atoms with Gasteiger partial charge in [-0.25, -0.2) is 4.79 Å². The summed E-state index contributed by atoms with van der Waals surface area (Å²) in [5, 5.41) is 0. The van der Waals surface area contributed by atoms with Gasteiger partial charge in [-0.1, -0.05) is 0 Å². The van der Waals surface area contributed by atoms with Gasteiger partial charge >= 0.3 is 5.97 Å². The van der Waals surface area contributed by atoms with E-state index in [2.05, 4.69) is 4.74 Å². The average molecular weight is 188 g/mol. The molecule has 0 saturated carbocycles. The van der Waals surface area contributed by atoms with Crippen LogP contribution in [0.25, 0.3) is 0 Å². The van der Waals surface area contributed by atoms with Gasteiger partial charge in [-0.2, -0.15) is 0 Å². The summed E-state index contributed by atoms with van der Waals surface area (Å²) in [7, 11) is 1.36. The highest BCUT2D eigenvalue weighted by Gasteiger charge is 2.05. The summed E-state index contributed by atoms with van der Waals surface area (Å²) in [6.07, 6.45) is 3.52. The van der Waals surface area contributed by atoms with Crippen LogP contribution < -0.4 is 0 Å². The van der Waals surface area contributed by atoms with E-state index in [0.717, 1.165) is 0 Å². The lowest BCUT2D eigenvalue weighted by atomic mass is 10.3. The largest absolute Gasteiger partial charge is 0.465 e. The van der Waals surface area contributed by atoms with Gasteiger partial charge in [0.1, 0.15) is 0 Å². The van der Waals surface area contributed by atoms with E-state index in [0.29, 0.717) is 18.0 Å². The SMILES string of the molecule is COC(=O)c1ccn(CCCl)c1. The molecule has 0 N–H and O–H groups in total. The van der Waals surface area contributed by atoms with E-state index in [1.54, 1.807) is 18.5 Å². The minimum absolute atomic E-state index is 0.316. The molecular weight excluding hydrogens is 178 g/mol. The van der Waals surface area contributed by atoms with Crippen molar-refractivity contribution < 1.29 is 9.53 Å². The minimum Gasteiger partial charge on any atom is -0.465 e. The number of esters is 1. The summed E-state index contributed by atoms with van der Waals surface area (Å²) in [4.78, 5) is 11.0. The summed E-state index contributed by atoms with van der Waals surface area (Å²) >= 11 is 5.52. The van der Waals surface area contributed by atoms with Gasteiger partial charge in [-0.15, -0.1) is 11.6 Å². The fraction of sp³-hybridized carbons (Fsp3) is 0.375. The van der Waals surface area contributed by atoms with Crippen LogP contribution in [0.4, 0.5) is 0 Å². The van der Waals surface area contributed by atoms with Crippen molar-refractivity contribution in [3.63, 3.8) is 0 Å². The highest BCUT2D eigenvalue weighted by molar-refractivity contribution is 6.17. The highest BCUT2D eigenvalue weighted by Crippen LogP contribution is 2.02. The van der Waals surface area contributed by atoms with Gasteiger partial charge in [-0.05, 0) is 6.07 Å². The lowest BCUT2D eigenvalue weighted by Gasteiger charge is -1.96. The maximum Gasteiger partial charge on any atom is 0.339 e. The van der Waals surface area contributed by atoms with E-state index in [4.69, 9.17) is 11.6 Å². The van der Waals surface area contributed by atoms with Crippen LogP contribution in [0.2, 0.25) is 0 Å². The van der Waals surface area contributed by atoms with Crippen molar-refractivity contribution in [2.24, 2.45) is 0 Å². The molecule has 0 aromatic carbocycles. The molecule has 0 aliphatic heterocycles. The molecule has 66 valence electrons. The van der Waals surface area contributed by atoms with Crippen molar-refractivity contribution in [2.75, 3.05) is 13.0 Å². The molecule has 0 spiro atoms. The van der Waals surface area contributed by atoms with Gasteiger partial charge in [0.2, 0.25) is 0 Å². The van der Waals surface area contributed by atoms with E-state index in [9.17, 15) is 4.79 Å². The maximum atomic E-state index is 11.0. The number of aromatic nitrogens is 1. The Morgan fingerprint density at radius 2 is 2.50 bits per heavy atom. The maximum absolute atomic E-state index is 11.0. The van der Waals surface area contributed by atoms with Crippen molar-refractivity contribution in [1.82, 2.24) is 4.57 Å². The molecule has 0 fully saturated rings. The second-order valence-corrected chi connectivity index (χ2v) is 2.70. The molecule has 1 aromatic rings. The summed E-state index contributed by atoms with van der Waals surface area (Å²) in [6, 6.07) is 1.71. The molecule has 4 heteroatoms. The zero-order valence-electron chi connectivity index (χ0n) is 6.79. The Morgan fingerprint density at radius 1 is 1.75 bits per heavy atom. The monoisotopic (exact) mass is 187 g/mol. The second-order valence-electron chi connectivity index (χ2n) is 2.32. The van der Waals surface area contributed by atoms with Crippen molar-refractivity contribution in [1.29, 1.82) is 0 Å². The molecule has 0 radical (unpaired) electrons. The molecule has 0 amide bonds. The summed E-state index contributed by atoms with van der Waals surface area (Å²) in [5.41, 5.74) is 0.558. The van der Waals surface area contributed by atoms with Crippen LogP contribution in [0.5, 0.6) is 0 Å². The van der Waals surface area contributed by atoms with Crippen molar-refractivity contribution in [3.8, 4) is 0 Å². The molecule has 1 heterocycles. The first kappa shape index (κ1) is 9.13. The Morgan fingerprint density at radius 3 is 3.08 bits per heavy atom. The molecule has 0 unspecified atom stereocenters. The molecule has 0 saturated heterocycles. The molecule has 0 atom stereocenters. The third-order valence-corrected chi connectivity index (χ3v) is 1.68. The highest BCUT2D eigenvalue weighted by atomic mass is 35.5. The van der Waals surface area contributed by atoms with E-state index < -0.39 is 0 Å². The van der Waals surface area contributed by atoms with Gasteiger partial charge in [0, 0.05) is 24.8 Å². The number of hydrogen-bond donors (Lipinski definition) is 0. The van der Waals surface area contributed by atoms with Crippen LogP contribution in [0.1, 0.15) is 10.4 Å². The number of aryl methyl sites for hydroxylation is 1. The van der Waals surface area contributed by atoms with Crippen LogP contribution in [0.15, 0.2) is 18.5 Å². The molecule has 3 nitrogen and oxygen atoms in total. The zero-order chi connectivity index (χ0) is 8.97. The van der Waals surface area contributed by atoms with Crippen molar-refractivity contribution in [2.45, 2.75) is 6.54 Å². The van der Waals surface area contributed by atoms with Gasteiger partial charge in [-0.3, -0.25) is 0 Å². The number of rotatable bonds is 3. The number of methoxy groups -OCH3 is 1. The third-order valence-electron chi connectivity index (χ3n) is 1.51. The number of hydrogen-bond acceptors (Lipinski definition) is 2. The van der Waals surface area contributed by atoms with E-state index in [1.807, 2.05) is 4.57 Å². The Hall–Kier alpha value is -0.960. The smallest absolute Gasteiger partial charge is 0.339 e. The van der Waals surface area contributed by atoms with E-state index in [1.165, 1.54) is 7.11 Å². The fourth-order valence-electron chi connectivity index (χ4n) is 0.916. The molecular formula is C8H10ClNO2. The van der Waals surface area contributed by atoms with Crippen molar-refractivity contribution in [3.05, 3.63) is 24.0 Å². The molecule has 1 rings (SSSR count). The first-order valence-corrected chi connectivity index (χ1v) is 4.11. The number of ether oxygens (including phenoxy) is 1. The van der Waals surface area contributed by atoms with Gasteiger partial charge in [0.25, 0.3) is 0 Å². The molecule has 1 aromatic heterocycles. The zero-order valence-corrected chi connectivity index (χ0v) is 7.54. The Bertz CT molecular complexity index is 270. The number of alkyl halides is 1. The molecule has 0 bridgehead atoms. The Balaban J connectivity index is 2.70. The van der Waals surface area contributed by atoms with Gasteiger partial charge in [0.15, 0.2) is 0 Å². The van der Waals surface area contributed by atoms with Crippen LogP contribution in [0.3, 0.4) is 0 Å². The van der Waals surface area contributed by atoms with E-state index in [-0.39, 0.29) is 5.97 Å². The predicted octanol–water partition coefficient (Wildman–Crippen LogP) is 1.51. The third kappa shape index (κ3) is 2.01. The molecule has 12 heavy (non-hydrogen) atoms.